The van der Waals surface area contributed by atoms with Crippen molar-refractivity contribution in [2.24, 2.45) is 0 Å². The normalized spacial score (nSPS) is 15.4. The number of benzene rings is 1. The number of anilines is 2. The maximum atomic E-state index is 13.2. The molecule has 0 saturated carbocycles. The van der Waals surface area contributed by atoms with Crippen LogP contribution in [0.2, 0.25) is 5.02 Å². The van der Waals surface area contributed by atoms with Gasteiger partial charge in [0.2, 0.25) is 5.95 Å². The molecule has 3 aromatic heterocycles. The van der Waals surface area contributed by atoms with Gasteiger partial charge in [-0.1, -0.05) is 30.7 Å². The van der Waals surface area contributed by atoms with Crippen molar-refractivity contribution in [1.29, 1.82) is 0 Å². The van der Waals surface area contributed by atoms with Gasteiger partial charge >= 0.3 is 5.69 Å². The lowest BCUT2D eigenvalue weighted by Crippen LogP contribution is -2.47. The third kappa shape index (κ3) is 5.20. The minimum absolute atomic E-state index is 0.340. The van der Waals surface area contributed by atoms with Gasteiger partial charge in [0.25, 0.3) is 0 Å². The summed E-state index contributed by atoms with van der Waals surface area (Å²) >= 11 is 5.97. The van der Waals surface area contributed by atoms with Gasteiger partial charge in [-0.25, -0.2) is 29.0 Å². The third-order valence-corrected chi connectivity index (χ3v) is 7.00. The first-order valence-corrected chi connectivity index (χ1v) is 12.8. The van der Waals surface area contributed by atoms with E-state index in [1.807, 2.05) is 19.1 Å². The van der Waals surface area contributed by atoms with Crippen molar-refractivity contribution in [3.8, 4) is 11.4 Å². The van der Waals surface area contributed by atoms with Crippen molar-refractivity contribution < 1.29 is 9.84 Å². The summed E-state index contributed by atoms with van der Waals surface area (Å²) < 4.78 is 7.89. The highest BCUT2D eigenvalue weighted by Gasteiger charge is 2.25. The minimum atomic E-state index is -0.902. The number of aliphatic hydroxyl groups excluding tert-OH is 1. The van der Waals surface area contributed by atoms with E-state index in [-0.39, 0.29) is 5.69 Å². The van der Waals surface area contributed by atoms with Gasteiger partial charge in [-0.3, -0.25) is 0 Å². The van der Waals surface area contributed by atoms with Crippen molar-refractivity contribution in [1.82, 2.24) is 29.3 Å². The number of ether oxygens (including phenoxy) is 1. The van der Waals surface area contributed by atoms with Gasteiger partial charge in [0, 0.05) is 31.2 Å². The van der Waals surface area contributed by atoms with E-state index >= 15 is 0 Å². The molecule has 38 heavy (non-hydrogen) atoms. The molecule has 1 saturated heterocycles. The monoisotopic (exact) mass is 536 g/mol. The summed E-state index contributed by atoms with van der Waals surface area (Å²) in [6.07, 6.45) is 6.08. The Kier molecular flexibility index (Phi) is 7.57. The molecule has 0 aliphatic carbocycles. The van der Waals surface area contributed by atoms with Crippen LogP contribution < -0.4 is 20.2 Å². The molecule has 1 aliphatic rings. The van der Waals surface area contributed by atoms with Crippen LogP contribution >= 0.6 is 11.6 Å². The summed E-state index contributed by atoms with van der Waals surface area (Å²) in [4.78, 5) is 30.9. The maximum Gasteiger partial charge on any atom is 0.350 e. The number of hydrogen-bond acceptors (Lipinski definition) is 9. The standard InChI is InChI=1S/C26H29ClN8O3/c1-3-22(24(36)18-4-6-19(27)7-5-18)35-26(37)34(17-31-35)20-8-9-23(28-14-20)32-10-12-33(13-11-32)25-29-15-21(38-2)16-30-25/h4-9,14-17,22,24,36H,3,10-13H2,1-2H3. The number of hydrogen-bond donors (Lipinski definition) is 1. The molecule has 1 N–H and O–H groups in total. The van der Waals surface area contributed by atoms with E-state index in [0.717, 1.165) is 32.0 Å². The molecule has 198 valence electrons. The van der Waals surface area contributed by atoms with E-state index in [9.17, 15) is 9.90 Å². The van der Waals surface area contributed by atoms with Crippen LogP contribution in [0, 0.1) is 0 Å². The first kappa shape index (κ1) is 25.7. The molecular formula is C26H29ClN8O3. The van der Waals surface area contributed by atoms with Gasteiger partial charge in [0.1, 0.15) is 18.2 Å². The lowest BCUT2D eigenvalue weighted by molar-refractivity contribution is 0.101. The highest BCUT2D eigenvalue weighted by molar-refractivity contribution is 6.30. The highest BCUT2D eigenvalue weighted by atomic mass is 35.5. The summed E-state index contributed by atoms with van der Waals surface area (Å²) in [5.74, 6) is 2.13. The fourth-order valence-electron chi connectivity index (χ4n) is 4.55. The van der Waals surface area contributed by atoms with E-state index in [1.165, 1.54) is 15.6 Å². The lowest BCUT2D eigenvalue weighted by atomic mass is 10.0. The van der Waals surface area contributed by atoms with E-state index in [0.29, 0.717) is 34.4 Å². The van der Waals surface area contributed by atoms with Crippen LogP contribution in [0.3, 0.4) is 0 Å². The highest BCUT2D eigenvalue weighted by Crippen LogP contribution is 2.28. The molecule has 11 nitrogen and oxygen atoms in total. The zero-order chi connectivity index (χ0) is 26.6. The molecule has 1 aliphatic heterocycles. The van der Waals surface area contributed by atoms with E-state index in [1.54, 1.807) is 50.0 Å². The number of aromatic nitrogens is 6. The number of piperazine rings is 1. The fraction of sp³-hybridized carbons (Fsp3) is 0.346. The van der Waals surface area contributed by atoms with E-state index < -0.39 is 12.1 Å². The van der Waals surface area contributed by atoms with Crippen LogP contribution in [0.25, 0.3) is 5.69 Å². The first-order chi connectivity index (χ1) is 18.5. The number of rotatable bonds is 8. The Morgan fingerprint density at radius 2 is 1.66 bits per heavy atom. The van der Waals surface area contributed by atoms with Crippen molar-refractivity contribution in [3.63, 3.8) is 0 Å². The molecule has 2 atom stereocenters. The minimum Gasteiger partial charge on any atom is -0.494 e. The fourth-order valence-corrected chi connectivity index (χ4v) is 4.68. The second kappa shape index (κ2) is 11.2. The maximum absolute atomic E-state index is 13.2. The quantitative estimate of drug-likeness (QED) is 0.363. The number of methoxy groups -OCH3 is 1. The molecule has 0 bridgehead atoms. The second-order valence-electron chi connectivity index (χ2n) is 8.97. The van der Waals surface area contributed by atoms with Gasteiger partial charge in [0.15, 0.2) is 5.75 Å². The molecule has 0 radical (unpaired) electrons. The van der Waals surface area contributed by atoms with Gasteiger partial charge in [-0.05, 0) is 36.2 Å². The summed E-state index contributed by atoms with van der Waals surface area (Å²) in [6, 6.07) is 10.2. The smallest absolute Gasteiger partial charge is 0.350 e. The molecule has 5 rings (SSSR count). The SMILES string of the molecule is CCC(C(O)c1ccc(Cl)cc1)n1ncn(-c2ccc(N3CCN(c4ncc(OC)cn4)CC3)nc2)c1=O. The van der Waals surface area contributed by atoms with Gasteiger partial charge in [-0.2, -0.15) is 5.10 Å². The van der Waals surface area contributed by atoms with Crippen LogP contribution in [0.5, 0.6) is 5.75 Å². The Morgan fingerprint density at radius 1 is 0.974 bits per heavy atom. The molecule has 0 spiro atoms. The Morgan fingerprint density at radius 3 is 2.26 bits per heavy atom. The van der Waals surface area contributed by atoms with Crippen molar-refractivity contribution in [2.45, 2.75) is 25.5 Å². The predicted molar refractivity (Wildman–Crippen MR) is 144 cm³/mol. The average molecular weight is 537 g/mol. The largest absolute Gasteiger partial charge is 0.494 e. The van der Waals surface area contributed by atoms with Crippen LogP contribution in [0.4, 0.5) is 11.8 Å². The lowest BCUT2D eigenvalue weighted by Gasteiger charge is -2.35. The topological polar surface area (TPSA) is 114 Å². The van der Waals surface area contributed by atoms with Gasteiger partial charge < -0.3 is 19.6 Å². The molecule has 12 heteroatoms. The van der Waals surface area contributed by atoms with Gasteiger partial charge in [-0.15, -0.1) is 0 Å². The third-order valence-electron chi connectivity index (χ3n) is 6.75. The molecule has 2 unspecified atom stereocenters. The van der Waals surface area contributed by atoms with Crippen molar-refractivity contribution >= 4 is 23.4 Å². The Bertz CT molecular complexity index is 1400. The summed E-state index contributed by atoms with van der Waals surface area (Å²) in [7, 11) is 1.59. The Labute approximate surface area is 224 Å². The zero-order valence-corrected chi connectivity index (χ0v) is 21.9. The second-order valence-corrected chi connectivity index (χ2v) is 9.41. The first-order valence-electron chi connectivity index (χ1n) is 12.4. The molecule has 0 amide bonds. The van der Waals surface area contributed by atoms with E-state index in [4.69, 9.17) is 16.3 Å². The number of pyridine rings is 1. The van der Waals surface area contributed by atoms with Crippen molar-refractivity contribution in [2.75, 3.05) is 43.1 Å². The molecule has 4 heterocycles. The van der Waals surface area contributed by atoms with Crippen LogP contribution in [-0.2, 0) is 0 Å². The van der Waals surface area contributed by atoms with Crippen LogP contribution in [0.15, 0.2) is 66.1 Å². The van der Waals surface area contributed by atoms with Gasteiger partial charge in [0.05, 0.1) is 37.4 Å². The number of nitrogens with zero attached hydrogens (tertiary/aromatic N) is 8. The van der Waals surface area contributed by atoms with Crippen molar-refractivity contribution in [3.05, 3.63) is 82.4 Å². The van der Waals surface area contributed by atoms with Crippen LogP contribution in [0.1, 0.15) is 31.1 Å². The Balaban J connectivity index is 1.26. The molecule has 4 aromatic rings. The molecule has 1 fully saturated rings. The van der Waals surface area contributed by atoms with Crippen LogP contribution in [-0.4, -0.2) is 67.7 Å². The Hall–Kier alpha value is -3.96. The molecular weight excluding hydrogens is 508 g/mol. The summed E-state index contributed by atoms with van der Waals surface area (Å²) in [5.41, 5.74) is 0.936. The average Bonchev–Trinajstić information content (AvgIpc) is 3.34. The summed E-state index contributed by atoms with van der Waals surface area (Å²) in [6.45, 7) is 4.96. The zero-order valence-electron chi connectivity index (χ0n) is 21.2. The van der Waals surface area contributed by atoms with E-state index in [2.05, 4.69) is 29.9 Å². The number of halogens is 1. The molecule has 1 aromatic carbocycles. The predicted octanol–water partition coefficient (Wildman–Crippen LogP) is 2.89. The summed E-state index contributed by atoms with van der Waals surface area (Å²) in [5, 5.41) is 15.8. The number of aliphatic hydroxyl groups is 1.